The van der Waals surface area contributed by atoms with Crippen LogP contribution < -0.4 is 4.72 Å². The molecule has 0 fully saturated rings. The summed E-state index contributed by atoms with van der Waals surface area (Å²) in [7, 11) is -3.68. The average Bonchev–Trinajstić information content (AvgIpc) is 2.46. The van der Waals surface area contributed by atoms with Crippen LogP contribution in [-0.4, -0.2) is 30.7 Å². The van der Waals surface area contributed by atoms with Gasteiger partial charge in [0.25, 0.3) is 0 Å². The van der Waals surface area contributed by atoms with Gasteiger partial charge in [0.2, 0.25) is 10.0 Å². The number of aromatic nitrogens is 1. The quantitative estimate of drug-likeness (QED) is 0.871. The molecule has 2 aromatic rings. The number of rotatable bonds is 5. The second-order valence-electron chi connectivity index (χ2n) is 6.76. The number of nitrogens with zero attached hydrogens (tertiary/aromatic N) is 1. The molecule has 2 rings (SSSR count). The second-order valence-corrected chi connectivity index (χ2v) is 8.49. The normalized spacial score (nSPS) is 12.4. The summed E-state index contributed by atoms with van der Waals surface area (Å²) in [6.45, 7) is 8.66. The van der Waals surface area contributed by atoms with Crippen molar-refractivity contribution in [2.45, 2.75) is 45.1 Å². The number of aryl methyl sites for hydroxylation is 3. The van der Waals surface area contributed by atoms with Gasteiger partial charge in [0.15, 0.2) is 0 Å². The van der Waals surface area contributed by atoms with E-state index in [0.29, 0.717) is 5.56 Å². The summed E-state index contributed by atoms with van der Waals surface area (Å²) >= 11 is 0. The summed E-state index contributed by atoms with van der Waals surface area (Å²) in [5.41, 5.74) is 3.33. The number of pyridine rings is 1. The van der Waals surface area contributed by atoms with Gasteiger partial charge >= 0.3 is 0 Å². The van der Waals surface area contributed by atoms with Crippen molar-refractivity contribution in [2.75, 3.05) is 6.54 Å². The molecule has 0 aliphatic carbocycles. The number of hydrogen-bond donors (Lipinski definition) is 2. The van der Waals surface area contributed by atoms with Crippen molar-refractivity contribution in [3.63, 3.8) is 0 Å². The zero-order valence-corrected chi connectivity index (χ0v) is 15.5. The molecule has 6 heteroatoms. The van der Waals surface area contributed by atoms with Crippen LogP contribution in [0.25, 0.3) is 11.1 Å². The Balaban J connectivity index is 2.43. The minimum absolute atomic E-state index is 0.0425. The van der Waals surface area contributed by atoms with Crippen molar-refractivity contribution < 1.29 is 13.5 Å². The Labute approximate surface area is 143 Å². The number of aliphatic hydroxyl groups is 1. The number of sulfonamides is 1. The molecule has 0 aliphatic heterocycles. The van der Waals surface area contributed by atoms with Gasteiger partial charge < -0.3 is 5.11 Å². The van der Waals surface area contributed by atoms with E-state index in [2.05, 4.69) is 9.71 Å². The van der Waals surface area contributed by atoms with E-state index >= 15 is 0 Å². The first-order chi connectivity index (χ1) is 11.0. The fourth-order valence-electron chi connectivity index (χ4n) is 2.45. The molecule has 24 heavy (non-hydrogen) atoms. The van der Waals surface area contributed by atoms with Gasteiger partial charge in [0.05, 0.1) is 10.5 Å². The zero-order valence-electron chi connectivity index (χ0n) is 14.7. The third-order valence-corrected chi connectivity index (χ3v) is 5.26. The third-order valence-electron chi connectivity index (χ3n) is 3.71. The van der Waals surface area contributed by atoms with Gasteiger partial charge in [-0.25, -0.2) is 13.1 Å². The molecule has 1 aromatic carbocycles. The molecule has 0 bridgehead atoms. The van der Waals surface area contributed by atoms with Gasteiger partial charge in [0.1, 0.15) is 0 Å². The maximum Gasteiger partial charge on any atom is 0.240 e. The molecular formula is C18H24N2O3S. The van der Waals surface area contributed by atoms with E-state index in [1.807, 2.05) is 32.0 Å². The van der Waals surface area contributed by atoms with Gasteiger partial charge in [-0.1, -0.05) is 0 Å². The van der Waals surface area contributed by atoms with Crippen LogP contribution in [0.5, 0.6) is 0 Å². The van der Waals surface area contributed by atoms with Crippen LogP contribution in [0.2, 0.25) is 0 Å². The van der Waals surface area contributed by atoms with Crippen molar-refractivity contribution in [2.24, 2.45) is 0 Å². The van der Waals surface area contributed by atoms with Crippen molar-refractivity contribution in [3.8, 4) is 11.1 Å². The molecule has 130 valence electrons. The van der Waals surface area contributed by atoms with Gasteiger partial charge in [0, 0.05) is 18.4 Å². The van der Waals surface area contributed by atoms with Crippen LogP contribution in [0.15, 0.2) is 35.4 Å². The largest absolute Gasteiger partial charge is 0.389 e. The highest BCUT2D eigenvalue weighted by Crippen LogP contribution is 2.28. The van der Waals surface area contributed by atoms with Gasteiger partial charge in [-0.05, 0) is 81.1 Å². The topological polar surface area (TPSA) is 79.3 Å². The van der Waals surface area contributed by atoms with Crippen molar-refractivity contribution in [3.05, 3.63) is 47.3 Å². The lowest BCUT2D eigenvalue weighted by atomic mass is 9.99. The van der Waals surface area contributed by atoms with Crippen molar-refractivity contribution in [1.82, 2.24) is 9.71 Å². The van der Waals surface area contributed by atoms with Crippen LogP contribution in [0.3, 0.4) is 0 Å². The minimum atomic E-state index is -3.68. The van der Waals surface area contributed by atoms with Crippen LogP contribution in [0.4, 0.5) is 0 Å². The highest BCUT2D eigenvalue weighted by Gasteiger charge is 2.22. The maximum atomic E-state index is 12.5. The lowest BCUT2D eigenvalue weighted by Gasteiger charge is -2.19. The van der Waals surface area contributed by atoms with E-state index in [-0.39, 0.29) is 11.4 Å². The fourth-order valence-corrected chi connectivity index (χ4v) is 3.97. The first-order valence-corrected chi connectivity index (χ1v) is 9.24. The van der Waals surface area contributed by atoms with E-state index in [1.54, 1.807) is 33.0 Å². The second kappa shape index (κ2) is 6.63. The van der Waals surface area contributed by atoms with E-state index in [4.69, 9.17) is 0 Å². The van der Waals surface area contributed by atoms with E-state index in [1.165, 1.54) is 0 Å². The Bertz CT molecular complexity index is 853. The van der Waals surface area contributed by atoms with E-state index in [0.717, 1.165) is 22.4 Å². The summed E-state index contributed by atoms with van der Waals surface area (Å²) in [5.74, 6) is 0. The molecule has 0 amide bonds. The van der Waals surface area contributed by atoms with Gasteiger partial charge in [-0.15, -0.1) is 0 Å². The summed E-state index contributed by atoms with van der Waals surface area (Å²) in [6, 6.07) is 7.44. The number of nitrogens with one attached hydrogen (secondary N) is 1. The van der Waals surface area contributed by atoms with E-state index < -0.39 is 15.6 Å². The Hall–Kier alpha value is -1.76. The molecule has 0 radical (unpaired) electrons. The monoisotopic (exact) mass is 348 g/mol. The van der Waals surface area contributed by atoms with Crippen LogP contribution in [0.1, 0.15) is 30.7 Å². The molecule has 2 N–H and O–H groups in total. The Morgan fingerprint density at radius 3 is 2.38 bits per heavy atom. The summed E-state index contributed by atoms with van der Waals surface area (Å²) in [6.07, 6.45) is 1.75. The Morgan fingerprint density at radius 2 is 1.79 bits per heavy atom. The predicted molar refractivity (Wildman–Crippen MR) is 95.4 cm³/mol. The van der Waals surface area contributed by atoms with Gasteiger partial charge in [-0.2, -0.15) is 0 Å². The first kappa shape index (κ1) is 18.6. The number of benzene rings is 1. The van der Waals surface area contributed by atoms with E-state index in [9.17, 15) is 13.5 Å². The lowest BCUT2D eigenvalue weighted by Crippen LogP contribution is -2.38. The highest BCUT2D eigenvalue weighted by atomic mass is 32.2. The molecule has 0 unspecified atom stereocenters. The molecule has 1 heterocycles. The molecule has 0 saturated heterocycles. The Kier molecular flexibility index (Phi) is 5.13. The van der Waals surface area contributed by atoms with Crippen LogP contribution >= 0.6 is 0 Å². The van der Waals surface area contributed by atoms with Crippen LogP contribution in [0, 0.1) is 20.8 Å². The average molecular weight is 348 g/mol. The Morgan fingerprint density at radius 1 is 1.12 bits per heavy atom. The SMILES string of the molecule is Cc1cc(-c2cc(C)c(S(=O)(=O)NCC(C)(C)O)cc2C)ccn1. The van der Waals surface area contributed by atoms with Crippen LogP contribution in [-0.2, 0) is 10.0 Å². The number of hydrogen-bond acceptors (Lipinski definition) is 4. The minimum Gasteiger partial charge on any atom is -0.389 e. The summed E-state index contributed by atoms with van der Waals surface area (Å²) < 4.78 is 27.5. The standard InChI is InChI=1S/C18H24N2O3S/c1-12-9-17(24(22,23)20-11-18(4,5)21)13(2)8-16(12)15-6-7-19-14(3)10-15/h6-10,20-21H,11H2,1-5H3. The zero-order chi connectivity index (χ0) is 18.1. The van der Waals surface area contributed by atoms with Gasteiger partial charge in [-0.3, -0.25) is 4.98 Å². The lowest BCUT2D eigenvalue weighted by molar-refractivity contribution is 0.0857. The molecule has 0 atom stereocenters. The first-order valence-electron chi connectivity index (χ1n) is 7.76. The smallest absolute Gasteiger partial charge is 0.240 e. The summed E-state index contributed by atoms with van der Waals surface area (Å²) in [4.78, 5) is 4.43. The van der Waals surface area contributed by atoms with Crippen molar-refractivity contribution in [1.29, 1.82) is 0 Å². The highest BCUT2D eigenvalue weighted by molar-refractivity contribution is 7.89. The molecule has 0 spiro atoms. The maximum absolute atomic E-state index is 12.5. The predicted octanol–water partition coefficient (Wildman–Crippen LogP) is 2.72. The summed E-state index contributed by atoms with van der Waals surface area (Å²) in [5, 5.41) is 9.74. The molecular weight excluding hydrogens is 324 g/mol. The molecule has 5 nitrogen and oxygen atoms in total. The fraction of sp³-hybridized carbons (Fsp3) is 0.389. The third kappa shape index (κ3) is 4.41. The molecule has 1 aromatic heterocycles. The van der Waals surface area contributed by atoms with Crippen molar-refractivity contribution >= 4 is 10.0 Å². The molecule has 0 saturated carbocycles. The molecule has 0 aliphatic rings.